The van der Waals surface area contributed by atoms with Crippen LogP contribution in [-0.4, -0.2) is 40.0 Å². The molecule has 0 bridgehead atoms. The minimum Gasteiger partial charge on any atom is -0.324 e. The number of halogens is 1. The molecular formula is C27H19ClN2O3S. The highest BCUT2D eigenvalue weighted by Gasteiger charge is 2.82. The molecule has 3 aromatic carbocycles. The number of nitrogens with zero attached hydrogens (tertiary/aromatic N) is 1. The summed E-state index contributed by atoms with van der Waals surface area (Å²) >= 11 is 8.46. The number of thioether (sulfide) groups is 1. The van der Waals surface area contributed by atoms with Crippen LogP contribution in [0.3, 0.4) is 0 Å². The molecule has 0 saturated carbocycles. The first-order chi connectivity index (χ1) is 16.5. The maximum atomic E-state index is 14.6. The lowest BCUT2D eigenvalue weighted by molar-refractivity contribution is -0.129. The van der Waals surface area contributed by atoms with Crippen molar-refractivity contribution in [2.75, 3.05) is 16.9 Å². The highest BCUT2D eigenvalue weighted by Crippen LogP contribution is 2.70. The minimum absolute atomic E-state index is 0.205. The van der Waals surface area contributed by atoms with Gasteiger partial charge in [0.2, 0.25) is 0 Å². The van der Waals surface area contributed by atoms with Crippen molar-refractivity contribution < 1.29 is 14.4 Å². The summed E-state index contributed by atoms with van der Waals surface area (Å²) in [5.74, 6) is -0.211. The van der Waals surface area contributed by atoms with Crippen molar-refractivity contribution in [1.29, 1.82) is 0 Å². The van der Waals surface area contributed by atoms with Gasteiger partial charge in [-0.1, -0.05) is 72.3 Å². The molecule has 34 heavy (non-hydrogen) atoms. The summed E-state index contributed by atoms with van der Waals surface area (Å²) in [5.41, 5.74) is -0.246. The molecule has 0 radical (unpaired) electrons. The topological polar surface area (TPSA) is 66.5 Å². The average molecular weight is 487 g/mol. The number of hydrogen-bond donors (Lipinski definition) is 1. The Labute approximate surface area is 205 Å². The Morgan fingerprint density at radius 2 is 1.53 bits per heavy atom. The van der Waals surface area contributed by atoms with Gasteiger partial charge in [-0.2, -0.15) is 0 Å². The van der Waals surface area contributed by atoms with Crippen molar-refractivity contribution in [3.63, 3.8) is 0 Å². The number of nitrogens with one attached hydrogen (secondary N) is 1. The molecule has 2 spiro atoms. The molecule has 168 valence electrons. The van der Waals surface area contributed by atoms with Crippen LogP contribution in [0.1, 0.15) is 37.8 Å². The molecule has 4 aliphatic rings. The average Bonchev–Trinajstić information content (AvgIpc) is 3.55. The van der Waals surface area contributed by atoms with Crippen LogP contribution in [0.5, 0.6) is 0 Å². The lowest BCUT2D eigenvalue weighted by atomic mass is 9.57. The molecule has 3 heterocycles. The molecule has 1 amide bonds. The summed E-state index contributed by atoms with van der Waals surface area (Å²) < 4.78 is 0. The second-order valence-electron chi connectivity index (χ2n) is 9.26. The Kier molecular flexibility index (Phi) is 4.10. The van der Waals surface area contributed by atoms with Gasteiger partial charge in [-0.25, -0.2) is 0 Å². The van der Waals surface area contributed by atoms with Crippen LogP contribution in [0.15, 0.2) is 72.8 Å². The smallest absolute Gasteiger partial charge is 0.251 e. The third kappa shape index (κ3) is 2.07. The van der Waals surface area contributed by atoms with Crippen molar-refractivity contribution in [2.45, 2.75) is 17.5 Å². The molecule has 2 fully saturated rings. The van der Waals surface area contributed by atoms with Crippen LogP contribution in [0.2, 0.25) is 5.02 Å². The Balaban J connectivity index is 1.64. The largest absolute Gasteiger partial charge is 0.324 e. The Bertz CT molecular complexity index is 1400. The number of carbonyl (C=O) groups is 3. The molecule has 5 nitrogen and oxygen atoms in total. The van der Waals surface area contributed by atoms with E-state index in [2.05, 4.69) is 10.2 Å². The van der Waals surface area contributed by atoms with Gasteiger partial charge in [-0.3, -0.25) is 19.3 Å². The zero-order valence-corrected chi connectivity index (χ0v) is 19.5. The summed E-state index contributed by atoms with van der Waals surface area (Å²) in [5, 5.41) is 3.52. The highest BCUT2D eigenvalue weighted by molar-refractivity contribution is 7.99. The highest BCUT2D eigenvalue weighted by atomic mass is 35.5. The summed E-state index contributed by atoms with van der Waals surface area (Å²) in [6.07, 6.45) is 0. The number of benzene rings is 3. The van der Waals surface area contributed by atoms with Gasteiger partial charge >= 0.3 is 0 Å². The standard InChI is InChI=1S/C27H19ClN2O3S/c28-19-11-5-3-9-17(19)22-21-13-34-14-30(21)27(18-10-4-6-12-20(18)29-25(27)33)26(22)23(31)15-7-1-2-8-16(15)24(26)32/h1-12,21-22H,13-14H2,(H,29,33)/t21-,22-,27-/m0/s1. The van der Waals surface area contributed by atoms with Gasteiger partial charge < -0.3 is 5.32 Å². The van der Waals surface area contributed by atoms with E-state index in [0.29, 0.717) is 39.0 Å². The van der Waals surface area contributed by atoms with E-state index in [1.54, 1.807) is 42.1 Å². The Morgan fingerprint density at radius 1 is 0.882 bits per heavy atom. The third-order valence-corrected chi connectivity index (χ3v) is 9.42. The SMILES string of the molecule is O=C1c2ccccc2C(=O)C12[C@@H](c1ccccc1Cl)[C@@H]1CSCN1[C@@]21C(=O)Nc2ccccc21. The molecule has 2 saturated heterocycles. The molecule has 1 N–H and O–H groups in total. The monoisotopic (exact) mass is 486 g/mol. The molecule has 0 unspecified atom stereocenters. The first-order valence-electron chi connectivity index (χ1n) is 11.2. The zero-order chi connectivity index (χ0) is 23.2. The molecule has 3 atom stereocenters. The number of ketones is 2. The van der Waals surface area contributed by atoms with Crippen LogP contribution in [-0.2, 0) is 10.3 Å². The molecule has 7 heteroatoms. The normalized spacial score (nSPS) is 28.4. The van der Waals surface area contributed by atoms with Gasteiger partial charge in [-0.15, -0.1) is 11.8 Å². The Hall–Kier alpha value is -2.93. The predicted octanol–water partition coefficient (Wildman–Crippen LogP) is 4.73. The first kappa shape index (κ1) is 20.4. The minimum atomic E-state index is -1.65. The fourth-order valence-corrected chi connectivity index (χ4v) is 8.48. The number of Topliss-reactive ketones (excluding diaryl/α,β-unsaturated/α-hetero) is 2. The number of rotatable bonds is 1. The van der Waals surface area contributed by atoms with E-state index in [1.807, 2.05) is 42.5 Å². The van der Waals surface area contributed by atoms with E-state index in [9.17, 15) is 14.4 Å². The van der Waals surface area contributed by atoms with Crippen molar-refractivity contribution in [3.05, 3.63) is 100 Å². The van der Waals surface area contributed by atoms with E-state index in [0.717, 1.165) is 5.56 Å². The fraction of sp³-hybridized carbons (Fsp3) is 0.222. The molecule has 3 aliphatic heterocycles. The summed E-state index contributed by atoms with van der Waals surface area (Å²) in [6, 6.07) is 21.6. The van der Waals surface area contributed by atoms with Crippen LogP contribution >= 0.6 is 23.4 Å². The summed E-state index contributed by atoms with van der Waals surface area (Å²) in [6.45, 7) is 0. The molecule has 1 aliphatic carbocycles. The fourth-order valence-electron chi connectivity index (χ4n) is 6.92. The van der Waals surface area contributed by atoms with Crippen LogP contribution in [0.4, 0.5) is 5.69 Å². The third-order valence-electron chi connectivity index (χ3n) is 8.04. The van der Waals surface area contributed by atoms with Crippen LogP contribution in [0.25, 0.3) is 0 Å². The lowest BCUT2D eigenvalue weighted by Crippen LogP contribution is -2.60. The summed E-state index contributed by atoms with van der Waals surface area (Å²) in [4.78, 5) is 45.5. The number of carbonyl (C=O) groups excluding carboxylic acids is 3. The molecule has 7 rings (SSSR count). The zero-order valence-electron chi connectivity index (χ0n) is 18.0. The van der Waals surface area contributed by atoms with E-state index >= 15 is 0 Å². The quantitative estimate of drug-likeness (QED) is 0.504. The van der Waals surface area contributed by atoms with Gasteiger partial charge in [0.1, 0.15) is 5.41 Å². The number of fused-ring (bicyclic) bond motifs is 6. The Morgan fingerprint density at radius 3 is 2.26 bits per heavy atom. The van der Waals surface area contributed by atoms with Gasteiger partial charge in [0.05, 0.1) is 0 Å². The predicted molar refractivity (Wildman–Crippen MR) is 131 cm³/mol. The van der Waals surface area contributed by atoms with Crippen molar-refractivity contribution in [1.82, 2.24) is 4.90 Å². The maximum Gasteiger partial charge on any atom is 0.251 e. The molecular weight excluding hydrogens is 468 g/mol. The van der Waals surface area contributed by atoms with Crippen molar-refractivity contribution in [2.24, 2.45) is 5.41 Å². The van der Waals surface area contributed by atoms with Gasteiger partial charge in [0, 0.05) is 51.0 Å². The van der Waals surface area contributed by atoms with Gasteiger partial charge in [0.15, 0.2) is 17.1 Å². The molecule has 3 aromatic rings. The van der Waals surface area contributed by atoms with Crippen LogP contribution in [0, 0.1) is 5.41 Å². The maximum absolute atomic E-state index is 14.6. The van der Waals surface area contributed by atoms with Crippen LogP contribution < -0.4 is 5.32 Å². The van der Waals surface area contributed by atoms with Gasteiger partial charge in [-0.05, 0) is 17.7 Å². The lowest BCUT2D eigenvalue weighted by Gasteiger charge is -2.42. The number of hydrogen-bond acceptors (Lipinski definition) is 5. The van der Waals surface area contributed by atoms with E-state index in [4.69, 9.17) is 11.6 Å². The van der Waals surface area contributed by atoms with Crippen molar-refractivity contribution >= 4 is 46.5 Å². The summed E-state index contributed by atoms with van der Waals surface area (Å²) in [7, 11) is 0. The van der Waals surface area contributed by atoms with Crippen molar-refractivity contribution in [3.8, 4) is 0 Å². The van der Waals surface area contributed by atoms with Gasteiger partial charge in [0.25, 0.3) is 5.91 Å². The number of anilines is 1. The second-order valence-corrected chi connectivity index (χ2v) is 10.7. The van der Waals surface area contributed by atoms with E-state index in [-0.39, 0.29) is 23.5 Å². The number of para-hydroxylation sites is 1. The molecule has 0 aromatic heterocycles. The second kappa shape index (κ2) is 6.81. The first-order valence-corrected chi connectivity index (χ1v) is 12.8. The van der Waals surface area contributed by atoms with E-state index in [1.165, 1.54) is 0 Å². The number of amides is 1. The van der Waals surface area contributed by atoms with E-state index < -0.39 is 16.9 Å².